The van der Waals surface area contributed by atoms with Gasteiger partial charge in [0.15, 0.2) is 22.8 Å². The fourth-order valence-corrected chi connectivity index (χ4v) is 5.82. The number of carbonyl (C=O) groups is 1. The molecule has 1 aromatic carbocycles. The van der Waals surface area contributed by atoms with Gasteiger partial charge in [-0.3, -0.25) is 5.10 Å². The number of methoxy groups -OCH3 is 2. The first kappa shape index (κ1) is 22.9. The molecule has 4 aromatic rings. The topological polar surface area (TPSA) is 111 Å². The molecule has 0 unspecified atom stereocenters. The molecule has 0 amide bonds. The molecule has 9 nitrogen and oxygen atoms in total. The number of ether oxygens (including phenoxy) is 3. The van der Waals surface area contributed by atoms with Crippen LogP contribution < -0.4 is 4.74 Å². The van der Waals surface area contributed by atoms with Crippen LogP contribution in [0.3, 0.4) is 0 Å². The van der Waals surface area contributed by atoms with Crippen LogP contribution in [0.15, 0.2) is 30.5 Å². The highest BCUT2D eigenvalue weighted by Crippen LogP contribution is 2.52. The van der Waals surface area contributed by atoms with Crippen LogP contribution in [-0.2, 0) is 14.3 Å². The Labute approximate surface area is 206 Å². The number of aromatic amines is 1. The summed E-state index contributed by atoms with van der Waals surface area (Å²) in [6.07, 6.45) is 4.07. The summed E-state index contributed by atoms with van der Waals surface area (Å²) in [5.74, 6) is -1.13. The van der Waals surface area contributed by atoms with Gasteiger partial charge in [-0.1, -0.05) is 0 Å². The minimum absolute atomic E-state index is 0.0575. The smallest absolute Gasteiger partial charge is 0.335 e. The molecule has 1 saturated carbocycles. The highest BCUT2D eigenvalue weighted by molar-refractivity contribution is 5.94. The Hall–Kier alpha value is -3.50. The van der Waals surface area contributed by atoms with Gasteiger partial charge < -0.3 is 23.9 Å². The SMILES string of the molecule is COc1cc(-n2c(C3CCOCC3)c(C3CC(OC)(C(=O)O)C3)c3nc4[nH]ncc4cc32)ccc1F. The molecule has 0 spiro atoms. The number of carboxylic acids is 1. The quantitative estimate of drug-likeness (QED) is 0.411. The predicted molar refractivity (Wildman–Crippen MR) is 129 cm³/mol. The summed E-state index contributed by atoms with van der Waals surface area (Å²) in [6.45, 7) is 1.27. The lowest BCUT2D eigenvalue weighted by atomic mass is 9.66. The van der Waals surface area contributed by atoms with Crippen molar-refractivity contribution < 1.29 is 28.5 Å². The Morgan fingerprint density at radius 3 is 2.69 bits per heavy atom. The van der Waals surface area contributed by atoms with E-state index in [1.54, 1.807) is 18.3 Å². The molecular formula is C26H27FN4O5. The molecule has 1 aliphatic carbocycles. The lowest BCUT2D eigenvalue weighted by Crippen LogP contribution is -2.51. The first-order chi connectivity index (χ1) is 17.5. The number of fused-ring (bicyclic) bond motifs is 2. The number of hydrogen-bond donors (Lipinski definition) is 2. The number of hydrogen-bond acceptors (Lipinski definition) is 6. The first-order valence-corrected chi connectivity index (χ1v) is 12.0. The van der Waals surface area contributed by atoms with Crippen LogP contribution in [0.1, 0.15) is 48.8 Å². The van der Waals surface area contributed by atoms with E-state index < -0.39 is 17.4 Å². The second-order valence-corrected chi connectivity index (χ2v) is 9.61. The number of nitrogens with one attached hydrogen (secondary N) is 1. The van der Waals surface area contributed by atoms with E-state index in [0.717, 1.165) is 46.2 Å². The van der Waals surface area contributed by atoms with Gasteiger partial charge in [0.1, 0.15) is 0 Å². The Morgan fingerprint density at radius 1 is 1.22 bits per heavy atom. The van der Waals surface area contributed by atoms with Gasteiger partial charge in [-0.05, 0) is 49.8 Å². The zero-order valence-electron chi connectivity index (χ0n) is 20.1. The van der Waals surface area contributed by atoms with E-state index in [1.807, 2.05) is 6.07 Å². The fraction of sp³-hybridized carbons (Fsp3) is 0.423. The molecule has 0 atom stereocenters. The predicted octanol–water partition coefficient (Wildman–Crippen LogP) is 4.29. The minimum atomic E-state index is -1.21. The number of halogens is 1. The van der Waals surface area contributed by atoms with Crippen molar-refractivity contribution in [2.75, 3.05) is 27.4 Å². The highest BCUT2D eigenvalue weighted by Gasteiger charge is 2.53. The van der Waals surface area contributed by atoms with Crippen molar-refractivity contribution >= 4 is 28.0 Å². The van der Waals surface area contributed by atoms with Gasteiger partial charge in [0, 0.05) is 54.6 Å². The van der Waals surface area contributed by atoms with Gasteiger partial charge in [0.25, 0.3) is 0 Å². The van der Waals surface area contributed by atoms with Crippen molar-refractivity contribution in [3.63, 3.8) is 0 Å². The average molecular weight is 495 g/mol. The Morgan fingerprint density at radius 2 is 2.00 bits per heavy atom. The third-order valence-electron chi connectivity index (χ3n) is 7.76. The zero-order chi connectivity index (χ0) is 25.0. The molecule has 1 saturated heterocycles. The van der Waals surface area contributed by atoms with E-state index in [4.69, 9.17) is 19.2 Å². The molecular weight excluding hydrogens is 467 g/mol. The van der Waals surface area contributed by atoms with Gasteiger partial charge in [0.2, 0.25) is 0 Å². The van der Waals surface area contributed by atoms with Crippen molar-refractivity contribution in [3.8, 4) is 11.4 Å². The summed E-state index contributed by atoms with van der Waals surface area (Å²) in [5.41, 5.74) is 3.94. The number of nitrogens with zero attached hydrogens (tertiary/aromatic N) is 3. The largest absolute Gasteiger partial charge is 0.494 e. The van der Waals surface area contributed by atoms with Gasteiger partial charge in [-0.2, -0.15) is 5.10 Å². The van der Waals surface area contributed by atoms with Gasteiger partial charge >= 0.3 is 5.97 Å². The van der Waals surface area contributed by atoms with Crippen LogP contribution in [-0.4, -0.2) is 63.9 Å². The minimum Gasteiger partial charge on any atom is -0.494 e. The van der Waals surface area contributed by atoms with Crippen LogP contribution in [0, 0.1) is 5.82 Å². The zero-order valence-corrected chi connectivity index (χ0v) is 20.1. The van der Waals surface area contributed by atoms with Crippen molar-refractivity contribution in [2.45, 2.75) is 43.1 Å². The maximum atomic E-state index is 14.4. The maximum absolute atomic E-state index is 14.4. The van der Waals surface area contributed by atoms with Crippen LogP contribution >= 0.6 is 0 Å². The van der Waals surface area contributed by atoms with Crippen molar-refractivity contribution in [2.24, 2.45) is 0 Å². The number of carboxylic acid groups (broad SMARTS) is 1. The summed E-state index contributed by atoms with van der Waals surface area (Å²) in [6, 6.07) is 6.86. The lowest BCUT2D eigenvalue weighted by Gasteiger charge is -2.43. The molecule has 4 heterocycles. The van der Waals surface area contributed by atoms with E-state index in [1.165, 1.54) is 20.3 Å². The third kappa shape index (κ3) is 3.39. The Balaban J connectivity index is 1.64. The van der Waals surface area contributed by atoms with Crippen LogP contribution in [0.5, 0.6) is 5.75 Å². The monoisotopic (exact) mass is 494 g/mol. The third-order valence-corrected chi connectivity index (χ3v) is 7.76. The summed E-state index contributed by atoms with van der Waals surface area (Å²) >= 11 is 0. The number of pyridine rings is 1. The molecule has 10 heteroatoms. The molecule has 0 bridgehead atoms. The van der Waals surface area contributed by atoms with Crippen molar-refractivity contribution in [3.05, 3.63) is 47.5 Å². The van der Waals surface area contributed by atoms with Crippen LogP contribution in [0.25, 0.3) is 27.8 Å². The fourth-order valence-electron chi connectivity index (χ4n) is 5.82. The first-order valence-electron chi connectivity index (χ1n) is 12.0. The van der Waals surface area contributed by atoms with Crippen molar-refractivity contribution in [1.82, 2.24) is 19.7 Å². The molecule has 2 aliphatic rings. The van der Waals surface area contributed by atoms with E-state index >= 15 is 0 Å². The highest BCUT2D eigenvalue weighted by atomic mass is 19.1. The standard InChI is InChI=1S/C26H27FN4O5/c1-34-20-10-17(3-4-18(20)27)31-19-9-15-13-28-30-24(15)29-22(19)21(23(31)14-5-7-36-8-6-14)16-11-26(12-16,35-2)25(32)33/h3-4,9-10,13-14,16H,5-8,11-12H2,1-2H3,(H,32,33)(H,28,29,30). The Kier molecular flexibility index (Phi) is 5.45. The van der Waals surface area contributed by atoms with Crippen LogP contribution in [0.4, 0.5) is 4.39 Å². The van der Waals surface area contributed by atoms with Gasteiger partial charge in [0.05, 0.1) is 24.3 Å². The number of H-pyrrole nitrogens is 1. The van der Waals surface area contributed by atoms with E-state index in [0.29, 0.717) is 31.7 Å². The van der Waals surface area contributed by atoms with E-state index in [9.17, 15) is 14.3 Å². The number of aromatic nitrogens is 4. The second kappa shape index (κ2) is 8.56. The summed E-state index contributed by atoms with van der Waals surface area (Å²) < 4.78 is 32.9. The lowest BCUT2D eigenvalue weighted by molar-refractivity contribution is -0.175. The molecule has 3 aromatic heterocycles. The normalized spacial score (nSPS) is 22.7. The molecule has 6 rings (SSSR count). The Bertz CT molecular complexity index is 1470. The summed E-state index contributed by atoms with van der Waals surface area (Å²) in [4.78, 5) is 17.0. The van der Waals surface area contributed by atoms with Gasteiger partial charge in [-0.25, -0.2) is 14.2 Å². The second-order valence-electron chi connectivity index (χ2n) is 9.61. The molecule has 2 fully saturated rings. The molecule has 2 N–H and O–H groups in total. The van der Waals surface area contributed by atoms with E-state index in [2.05, 4.69) is 14.8 Å². The van der Waals surface area contributed by atoms with Gasteiger partial charge in [-0.15, -0.1) is 0 Å². The molecule has 1 aliphatic heterocycles. The summed E-state index contributed by atoms with van der Waals surface area (Å²) in [5, 5.41) is 17.8. The molecule has 188 valence electrons. The van der Waals surface area contributed by atoms with Crippen LogP contribution in [0.2, 0.25) is 0 Å². The summed E-state index contributed by atoms with van der Waals surface area (Å²) in [7, 11) is 2.89. The maximum Gasteiger partial charge on any atom is 0.335 e. The van der Waals surface area contributed by atoms with E-state index in [-0.39, 0.29) is 17.6 Å². The number of aliphatic carboxylic acids is 1. The molecule has 0 radical (unpaired) electrons. The number of benzene rings is 1. The average Bonchev–Trinajstić information content (AvgIpc) is 3.45. The molecule has 36 heavy (non-hydrogen) atoms. The number of rotatable bonds is 6. The van der Waals surface area contributed by atoms with Crippen molar-refractivity contribution in [1.29, 1.82) is 0 Å².